The molecule has 6 heteroatoms. The topological polar surface area (TPSA) is 77.5 Å². The van der Waals surface area contributed by atoms with Crippen LogP contribution in [0.1, 0.15) is 46.7 Å². The van der Waals surface area contributed by atoms with Gasteiger partial charge in [0.1, 0.15) is 18.1 Å². The largest absolute Gasteiger partial charge is 0.485 e. The summed E-state index contributed by atoms with van der Waals surface area (Å²) in [4.78, 5) is 12.4. The number of aryl methyl sites for hydroxylation is 2. The number of rotatable bonds is 6. The van der Waals surface area contributed by atoms with Crippen molar-refractivity contribution < 1.29 is 13.9 Å². The monoisotopic (exact) mass is 378 g/mol. The molecule has 26 heavy (non-hydrogen) atoms. The molecule has 1 amide bonds. The lowest BCUT2D eigenvalue weighted by Gasteiger charge is -2.18. The highest BCUT2D eigenvalue weighted by molar-refractivity contribution is 5.91. The molecule has 1 aromatic heterocycles. The van der Waals surface area contributed by atoms with E-state index >= 15 is 0 Å². The molecule has 3 rings (SSSR count). The summed E-state index contributed by atoms with van der Waals surface area (Å²) in [5, 5.41) is 3.05. The molecule has 1 aliphatic rings. The molecule has 0 bridgehead atoms. The molecule has 2 aromatic rings. The van der Waals surface area contributed by atoms with Crippen LogP contribution in [-0.4, -0.2) is 18.5 Å². The fraction of sp³-hybridized carbons (Fsp3) is 0.450. The van der Waals surface area contributed by atoms with E-state index in [0.717, 1.165) is 30.6 Å². The smallest absolute Gasteiger partial charge is 0.287 e. The summed E-state index contributed by atoms with van der Waals surface area (Å²) >= 11 is 0. The predicted molar refractivity (Wildman–Crippen MR) is 104 cm³/mol. The van der Waals surface area contributed by atoms with E-state index in [1.807, 2.05) is 26.0 Å². The second kappa shape index (κ2) is 9.10. The van der Waals surface area contributed by atoms with Crippen LogP contribution in [0.2, 0.25) is 0 Å². The van der Waals surface area contributed by atoms with Gasteiger partial charge in [-0.25, -0.2) is 0 Å². The summed E-state index contributed by atoms with van der Waals surface area (Å²) in [6, 6.07) is 9.67. The number of ether oxygens (including phenoxy) is 1. The Morgan fingerprint density at radius 2 is 2.08 bits per heavy atom. The number of carbonyl (C=O) groups excluding carboxylic acids is 1. The number of benzene rings is 1. The van der Waals surface area contributed by atoms with Crippen LogP contribution >= 0.6 is 12.4 Å². The van der Waals surface area contributed by atoms with Gasteiger partial charge in [0.25, 0.3) is 5.91 Å². The van der Waals surface area contributed by atoms with E-state index in [1.165, 1.54) is 5.56 Å². The van der Waals surface area contributed by atoms with Gasteiger partial charge in [-0.1, -0.05) is 24.1 Å². The number of hydrogen-bond donors (Lipinski definition) is 2. The minimum atomic E-state index is -0.178. The molecule has 1 fully saturated rings. The molecule has 1 aromatic carbocycles. The highest BCUT2D eigenvalue weighted by Gasteiger charge is 2.28. The van der Waals surface area contributed by atoms with Crippen molar-refractivity contribution in [2.75, 3.05) is 6.54 Å². The average molecular weight is 379 g/mol. The Morgan fingerprint density at radius 3 is 2.81 bits per heavy atom. The van der Waals surface area contributed by atoms with E-state index in [9.17, 15) is 4.79 Å². The van der Waals surface area contributed by atoms with E-state index in [4.69, 9.17) is 14.9 Å². The van der Waals surface area contributed by atoms with E-state index in [1.54, 1.807) is 12.1 Å². The zero-order chi connectivity index (χ0) is 17.8. The second-order valence-electron chi connectivity index (χ2n) is 6.83. The normalized spacial score (nSPS) is 19.0. The Morgan fingerprint density at radius 1 is 1.27 bits per heavy atom. The third-order valence-electron chi connectivity index (χ3n) is 4.86. The summed E-state index contributed by atoms with van der Waals surface area (Å²) in [6.45, 7) is 4.97. The first-order valence-corrected chi connectivity index (χ1v) is 8.86. The summed E-state index contributed by atoms with van der Waals surface area (Å²) in [5.74, 6) is 1.97. The first kappa shape index (κ1) is 20.3. The molecule has 0 aliphatic heterocycles. The van der Waals surface area contributed by atoms with Crippen LogP contribution in [0.4, 0.5) is 0 Å². The Kier molecular flexibility index (Phi) is 7.12. The number of halogens is 1. The fourth-order valence-electron chi connectivity index (χ4n) is 3.44. The molecule has 1 heterocycles. The van der Waals surface area contributed by atoms with Crippen molar-refractivity contribution in [1.82, 2.24) is 5.32 Å². The van der Waals surface area contributed by atoms with Gasteiger partial charge in [-0.05, 0) is 62.9 Å². The minimum absolute atomic E-state index is 0. The number of amides is 1. The molecule has 0 saturated heterocycles. The predicted octanol–water partition coefficient (Wildman–Crippen LogP) is 3.75. The van der Waals surface area contributed by atoms with Gasteiger partial charge in [-0.2, -0.15) is 0 Å². The summed E-state index contributed by atoms with van der Waals surface area (Å²) < 4.78 is 11.4. The summed E-state index contributed by atoms with van der Waals surface area (Å²) in [7, 11) is 0. The summed E-state index contributed by atoms with van der Waals surface area (Å²) in [5.41, 5.74) is 8.05. The van der Waals surface area contributed by atoms with Crippen LogP contribution in [0, 0.1) is 19.8 Å². The van der Waals surface area contributed by atoms with Gasteiger partial charge in [-0.15, -0.1) is 12.4 Å². The van der Waals surface area contributed by atoms with Crippen LogP contribution in [0.3, 0.4) is 0 Å². The van der Waals surface area contributed by atoms with E-state index in [0.29, 0.717) is 30.6 Å². The van der Waals surface area contributed by atoms with E-state index < -0.39 is 0 Å². The lowest BCUT2D eigenvalue weighted by molar-refractivity contribution is 0.0896. The van der Waals surface area contributed by atoms with Crippen LogP contribution in [0.25, 0.3) is 0 Å². The van der Waals surface area contributed by atoms with Gasteiger partial charge in [0.2, 0.25) is 0 Å². The quantitative estimate of drug-likeness (QED) is 0.802. The van der Waals surface area contributed by atoms with Gasteiger partial charge >= 0.3 is 0 Å². The van der Waals surface area contributed by atoms with Crippen LogP contribution in [0.5, 0.6) is 5.75 Å². The molecule has 0 radical (unpaired) electrons. The zero-order valence-electron chi connectivity index (χ0n) is 15.3. The van der Waals surface area contributed by atoms with Crippen LogP contribution in [-0.2, 0) is 6.61 Å². The van der Waals surface area contributed by atoms with Gasteiger partial charge in [0.15, 0.2) is 5.76 Å². The second-order valence-corrected chi connectivity index (χ2v) is 6.83. The Bertz CT molecular complexity index is 744. The fourth-order valence-corrected chi connectivity index (χ4v) is 3.44. The van der Waals surface area contributed by atoms with Crippen molar-refractivity contribution >= 4 is 18.3 Å². The van der Waals surface area contributed by atoms with Crippen LogP contribution < -0.4 is 15.8 Å². The van der Waals surface area contributed by atoms with Crippen molar-refractivity contribution in [3.05, 3.63) is 53.0 Å². The van der Waals surface area contributed by atoms with E-state index in [2.05, 4.69) is 11.4 Å². The SMILES string of the molecule is Cc1ccc(OCc2ccc(C(=O)NC3CCCC3CN)o2)c(C)c1.Cl. The number of carbonyl (C=O) groups is 1. The number of furan rings is 1. The maximum atomic E-state index is 12.4. The molecule has 2 atom stereocenters. The molecule has 1 saturated carbocycles. The van der Waals surface area contributed by atoms with Crippen LogP contribution in [0.15, 0.2) is 34.7 Å². The minimum Gasteiger partial charge on any atom is -0.485 e. The molecular formula is C20H27ClN2O3. The van der Waals surface area contributed by atoms with E-state index in [-0.39, 0.29) is 24.4 Å². The van der Waals surface area contributed by atoms with Crippen molar-refractivity contribution in [3.8, 4) is 5.75 Å². The Hall–Kier alpha value is -1.98. The third kappa shape index (κ3) is 4.80. The first-order chi connectivity index (χ1) is 12.1. The van der Waals surface area contributed by atoms with Crippen molar-refractivity contribution in [2.24, 2.45) is 11.7 Å². The zero-order valence-corrected chi connectivity index (χ0v) is 16.1. The molecule has 5 nitrogen and oxygen atoms in total. The van der Waals surface area contributed by atoms with Gasteiger partial charge < -0.3 is 20.2 Å². The molecule has 1 aliphatic carbocycles. The van der Waals surface area contributed by atoms with Crippen molar-refractivity contribution in [2.45, 2.75) is 45.8 Å². The van der Waals surface area contributed by atoms with Crippen molar-refractivity contribution in [1.29, 1.82) is 0 Å². The number of hydrogen-bond acceptors (Lipinski definition) is 4. The Labute approximate surface area is 160 Å². The third-order valence-corrected chi connectivity index (χ3v) is 4.86. The lowest BCUT2D eigenvalue weighted by Crippen LogP contribution is -2.39. The lowest BCUT2D eigenvalue weighted by atomic mass is 10.0. The molecular weight excluding hydrogens is 352 g/mol. The molecule has 3 N–H and O–H groups in total. The highest BCUT2D eigenvalue weighted by atomic mass is 35.5. The number of nitrogens with two attached hydrogens (primary N) is 1. The molecule has 142 valence electrons. The first-order valence-electron chi connectivity index (χ1n) is 8.86. The van der Waals surface area contributed by atoms with Gasteiger partial charge in [0, 0.05) is 6.04 Å². The van der Waals surface area contributed by atoms with Gasteiger partial charge in [0.05, 0.1) is 0 Å². The Balaban J connectivity index is 0.00000243. The summed E-state index contributed by atoms with van der Waals surface area (Å²) in [6.07, 6.45) is 3.17. The average Bonchev–Trinajstić information content (AvgIpc) is 3.23. The standard InChI is InChI=1S/C20H26N2O3.ClH/c1-13-6-8-18(14(2)10-13)24-12-16-7-9-19(25-16)20(23)22-17-5-3-4-15(17)11-21;/h6-10,15,17H,3-5,11-12,21H2,1-2H3,(H,22,23);1H. The molecule has 2 unspecified atom stereocenters. The van der Waals surface area contributed by atoms with Crippen molar-refractivity contribution in [3.63, 3.8) is 0 Å². The maximum Gasteiger partial charge on any atom is 0.287 e. The maximum absolute atomic E-state index is 12.4. The highest BCUT2D eigenvalue weighted by Crippen LogP contribution is 2.25. The number of nitrogens with one attached hydrogen (secondary N) is 1. The van der Waals surface area contributed by atoms with Gasteiger partial charge in [-0.3, -0.25) is 4.79 Å². The molecule has 0 spiro atoms.